The summed E-state index contributed by atoms with van der Waals surface area (Å²) in [6.45, 7) is 8.48. The van der Waals surface area contributed by atoms with Crippen molar-refractivity contribution in [3.05, 3.63) is 88.3 Å². The zero-order chi connectivity index (χ0) is 21.0. The van der Waals surface area contributed by atoms with Crippen molar-refractivity contribution in [2.75, 3.05) is 5.32 Å². The number of hydrogen-bond donors (Lipinski definition) is 1. The van der Waals surface area contributed by atoms with E-state index in [0.29, 0.717) is 6.42 Å². The van der Waals surface area contributed by atoms with Crippen molar-refractivity contribution < 1.29 is 4.79 Å². The predicted octanol–water partition coefficient (Wildman–Crippen LogP) is 5.69. The fourth-order valence-electron chi connectivity index (χ4n) is 4.93. The van der Waals surface area contributed by atoms with Gasteiger partial charge in [0.25, 0.3) is 0 Å². The molecule has 1 N–H and O–H groups in total. The van der Waals surface area contributed by atoms with Gasteiger partial charge in [-0.2, -0.15) is 5.10 Å². The number of aryl methyl sites for hydroxylation is 2. The summed E-state index contributed by atoms with van der Waals surface area (Å²) in [6, 6.07) is 18.8. The molecule has 2 aliphatic rings. The maximum absolute atomic E-state index is 13.3. The van der Waals surface area contributed by atoms with Crippen molar-refractivity contribution >= 4 is 11.6 Å². The maximum Gasteiger partial charge on any atom is 0.162 e. The van der Waals surface area contributed by atoms with Gasteiger partial charge in [-0.3, -0.25) is 4.79 Å². The number of nitrogens with one attached hydrogen (secondary N) is 1. The van der Waals surface area contributed by atoms with Crippen molar-refractivity contribution in [1.29, 1.82) is 0 Å². The molecule has 1 aliphatic carbocycles. The van der Waals surface area contributed by atoms with E-state index in [9.17, 15) is 4.79 Å². The third-order valence-corrected chi connectivity index (χ3v) is 6.28. The first-order chi connectivity index (χ1) is 14.3. The number of hydrogen-bond acceptors (Lipinski definition) is 3. The lowest BCUT2D eigenvalue weighted by atomic mass is 9.69. The highest BCUT2D eigenvalue weighted by Crippen LogP contribution is 2.50. The molecule has 0 saturated heterocycles. The highest BCUT2D eigenvalue weighted by atomic mass is 16.1. The fraction of sp³-hybridized carbons (Fsp3) is 0.308. The summed E-state index contributed by atoms with van der Waals surface area (Å²) < 4.78 is 2.00. The Kier molecular flexibility index (Phi) is 4.21. The normalized spacial score (nSPS) is 19.9. The van der Waals surface area contributed by atoms with Gasteiger partial charge in [-0.15, -0.1) is 0 Å². The van der Waals surface area contributed by atoms with E-state index < -0.39 is 0 Å². The molecule has 0 saturated carbocycles. The summed E-state index contributed by atoms with van der Waals surface area (Å²) in [7, 11) is 0. The van der Waals surface area contributed by atoms with Crippen LogP contribution in [0.4, 0.5) is 5.82 Å². The first-order valence-electron chi connectivity index (χ1n) is 10.6. The zero-order valence-electron chi connectivity index (χ0n) is 18.0. The van der Waals surface area contributed by atoms with E-state index in [0.717, 1.165) is 46.0 Å². The van der Waals surface area contributed by atoms with Gasteiger partial charge >= 0.3 is 0 Å². The number of ketones is 1. The van der Waals surface area contributed by atoms with Crippen LogP contribution in [0, 0.1) is 19.3 Å². The molecule has 4 heteroatoms. The second kappa shape index (κ2) is 6.69. The van der Waals surface area contributed by atoms with Gasteiger partial charge in [0.2, 0.25) is 0 Å². The second-order valence-electron chi connectivity index (χ2n) is 9.40. The zero-order valence-corrected chi connectivity index (χ0v) is 18.0. The SMILES string of the molecule is Cc1ccc(-n2nc(C)c3c2NC2=C(C(=O)CC(C)(C)C2)C3c2ccccc2)cc1. The second-order valence-corrected chi connectivity index (χ2v) is 9.40. The number of carbonyl (C=O) groups is 1. The average molecular weight is 398 g/mol. The molecule has 1 unspecified atom stereocenters. The van der Waals surface area contributed by atoms with Gasteiger partial charge in [0.05, 0.1) is 11.4 Å². The van der Waals surface area contributed by atoms with Crippen LogP contribution >= 0.6 is 0 Å². The standard InChI is InChI=1S/C26H27N3O/c1-16-10-12-19(13-11-16)29-25-22(17(2)28-29)23(18-8-6-5-7-9-18)24-20(27-25)14-26(3,4)15-21(24)30/h5-13,23,27H,14-15H2,1-4H3. The quantitative estimate of drug-likeness (QED) is 0.604. The van der Waals surface area contributed by atoms with Crippen LogP contribution in [0.25, 0.3) is 5.69 Å². The lowest BCUT2D eigenvalue weighted by Gasteiger charge is -2.38. The molecular weight excluding hydrogens is 370 g/mol. The smallest absolute Gasteiger partial charge is 0.162 e. The molecule has 0 amide bonds. The molecule has 1 aromatic heterocycles. The van der Waals surface area contributed by atoms with Crippen LogP contribution in [-0.4, -0.2) is 15.6 Å². The molecule has 1 aliphatic heterocycles. The molecule has 5 rings (SSSR count). The number of nitrogens with zero attached hydrogens (tertiary/aromatic N) is 2. The average Bonchev–Trinajstić information content (AvgIpc) is 3.03. The minimum atomic E-state index is -0.0831. The molecule has 0 radical (unpaired) electrons. The van der Waals surface area contributed by atoms with E-state index in [-0.39, 0.29) is 17.1 Å². The van der Waals surface area contributed by atoms with E-state index >= 15 is 0 Å². The van der Waals surface area contributed by atoms with E-state index in [1.165, 1.54) is 5.56 Å². The molecular formula is C26H27N3O. The van der Waals surface area contributed by atoms with E-state index in [1.54, 1.807) is 0 Å². The molecule has 0 spiro atoms. The van der Waals surface area contributed by atoms with Gasteiger partial charge in [0.1, 0.15) is 5.82 Å². The summed E-state index contributed by atoms with van der Waals surface area (Å²) in [5, 5.41) is 8.55. The Morgan fingerprint density at radius 2 is 1.70 bits per heavy atom. The van der Waals surface area contributed by atoms with Gasteiger partial charge in [-0.05, 0) is 43.4 Å². The molecule has 0 fully saturated rings. The molecule has 2 heterocycles. The third-order valence-electron chi connectivity index (χ3n) is 6.28. The van der Waals surface area contributed by atoms with Crippen LogP contribution in [0.2, 0.25) is 0 Å². The van der Waals surface area contributed by atoms with Crippen LogP contribution in [0.3, 0.4) is 0 Å². The predicted molar refractivity (Wildman–Crippen MR) is 120 cm³/mol. The molecule has 152 valence electrons. The van der Waals surface area contributed by atoms with Crippen molar-refractivity contribution in [3.8, 4) is 5.69 Å². The lowest BCUT2D eigenvalue weighted by Crippen LogP contribution is -2.34. The summed E-state index contributed by atoms with van der Waals surface area (Å²) in [4.78, 5) is 13.3. The van der Waals surface area contributed by atoms with Crippen LogP contribution in [-0.2, 0) is 4.79 Å². The van der Waals surface area contributed by atoms with Gasteiger partial charge in [-0.1, -0.05) is 61.9 Å². The van der Waals surface area contributed by atoms with Crippen LogP contribution in [0.1, 0.15) is 55.0 Å². The van der Waals surface area contributed by atoms with Crippen LogP contribution in [0.15, 0.2) is 65.9 Å². The number of carbonyl (C=O) groups excluding carboxylic acids is 1. The van der Waals surface area contributed by atoms with Gasteiger partial charge in [-0.25, -0.2) is 4.68 Å². The van der Waals surface area contributed by atoms with Gasteiger partial charge in [0.15, 0.2) is 5.78 Å². The number of rotatable bonds is 2. The van der Waals surface area contributed by atoms with Crippen LogP contribution < -0.4 is 5.32 Å². The van der Waals surface area contributed by atoms with E-state index in [4.69, 9.17) is 5.10 Å². The summed E-state index contributed by atoms with van der Waals surface area (Å²) in [5.41, 5.74) is 7.36. The number of allylic oxidation sites excluding steroid dienone is 2. The van der Waals surface area contributed by atoms with Crippen molar-refractivity contribution in [2.45, 2.75) is 46.5 Å². The van der Waals surface area contributed by atoms with E-state index in [2.05, 4.69) is 62.5 Å². The number of aromatic nitrogens is 2. The molecule has 3 aromatic rings. The van der Waals surface area contributed by atoms with Crippen molar-refractivity contribution in [1.82, 2.24) is 9.78 Å². The Bertz CT molecular complexity index is 1170. The largest absolute Gasteiger partial charge is 0.343 e. The third kappa shape index (κ3) is 2.98. The van der Waals surface area contributed by atoms with Gasteiger partial charge < -0.3 is 5.32 Å². The fourth-order valence-corrected chi connectivity index (χ4v) is 4.93. The summed E-state index contributed by atoms with van der Waals surface area (Å²) in [6.07, 6.45) is 1.44. The Morgan fingerprint density at radius 1 is 1.00 bits per heavy atom. The topological polar surface area (TPSA) is 46.9 Å². The highest BCUT2D eigenvalue weighted by molar-refractivity contribution is 6.01. The lowest BCUT2D eigenvalue weighted by molar-refractivity contribution is -0.118. The number of anilines is 1. The summed E-state index contributed by atoms with van der Waals surface area (Å²) in [5.74, 6) is 1.14. The monoisotopic (exact) mass is 397 g/mol. The minimum Gasteiger partial charge on any atom is -0.343 e. The Hall–Kier alpha value is -3.14. The van der Waals surface area contributed by atoms with Gasteiger partial charge in [0, 0.05) is 29.2 Å². The number of Topliss-reactive ketones (excluding diaryl/α,β-unsaturated/α-hetero) is 1. The highest BCUT2D eigenvalue weighted by Gasteiger charge is 2.42. The first-order valence-corrected chi connectivity index (χ1v) is 10.6. The number of benzene rings is 2. The van der Waals surface area contributed by atoms with Crippen LogP contribution in [0.5, 0.6) is 0 Å². The van der Waals surface area contributed by atoms with Crippen molar-refractivity contribution in [3.63, 3.8) is 0 Å². The number of fused-ring (bicyclic) bond motifs is 1. The Balaban J connectivity index is 1.75. The van der Waals surface area contributed by atoms with E-state index in [1.807, 2.05) is 29.8 Å². The molecule has 2 aromatic carbocycles. The first kappa shape index (κ1) is 18.9. The Labute approximate surface area is 177 Å². The molecule has 1 atom stereocenters. The molecule has 30 heavy (non-hydrogen) atoms. The molecule has 4 nitrogen and oxygen atoms in total. The minimum absolute atomic E-state index is 0.0502. The van der Waals surface area contributed by atoms with Crippen molar-refractivity contribution in [2.24, 2.45) is 5.41 Å². The summed E-state index contributed by atoms with van der Waals surface area (Å²) >= 11 is 0. The maximum atomic E-state index is 13.3. The molecule has 0 bridgehead atoms. The Morgan fingerprint density at radius 3 is 2.40 bits per heavy atom.